The monoisotopic (exact) mass is 585 g/mol. The molecule has 8 nitrogen and oxygen atoms in total. The van der Waals surface area contributed by atoms with Crippen molar-refractivity contribution in [2.24, 2.45) is 12.0 Å². The fourth-order valence-corrected chi connectivity index (χ4v) is 5.64. The zero-order chi connectivity index (χ0) is 29.6. The first-order valence-electron chi connectivity index (χ1n) is 13.2. The highest BCUT2D eigenvalue weighted by atomic mass is 32.1. The van der Waals surface area contributed by atoms with Crippen LogP contribution in [-0.2, 0) is 34.3 Å². The van der Waals surface area contributed by atoms with Gasteiger partial charge in [0.15, 0.2) is 5.78 Å². The third-order valence-electron chi connectivity index (χ3n) is 6.73. The molecule has 0 spiro atoms. The number of aliphatic imine (C=N–C) groups is 1. The Morgan fingerprint density at radius 2 is 2.00 bits per heavy atom. The Labute approximate surface area is 238 Å². The molecule has 1 amide bonds. The van der Waals surface area contributed by atoms with Crippen LogP contribution in [0.5, 0.6) is 0 Å². The van der Waals surface area contributed by atoms with E-state index in [1.165, 1.54) is 29.5 Å². The van der Waals surface area contributed by atoms with Crippen molar-refractivity contribution in [2.45, 2.75) is 63.6 Å². The lowest BCUT2D eigenvalue weighted by Gasteiger charge is -2.19. The predicted octanol–water partition coefficient (Wildman–Crippen LogP) is 3.49. The van der Waals surface area contributed by atoms with Crippen LogP contribution in [-0.4, -0.2) is 45.1 Å². The number of carbonyl (C=O) groups is 3. The van der Waals surface area contributed by atoms with Crippen molar-refractivity contribution in [3.05, 3.63) is 68.2 Å². The van der Waals surface area contributed by atoms with Crippen LogP contribution in [0.15, 0.2) is 41.7 Å². The SMILES string of the molecule is CC(NC(=O)C1=c2cnn(C)c2=CCCC=N1)c1cnc(CCCc2cccc(C(C(=O)CC=O)C(F)(F)F)c2)s1. The predicted molar refractivity (Wildman–Crippen MR) is 150 cm³/mol. The Kier molecular flexibility index (Phi) is 9.64. The summed E-state index contributed by atoms with van der Waals surface area (Å²) in [5, 5.41) is 9.64. The van der Waals surface area contributed by atoms with Crippen molar-refractivity contribution in [2.75, 3.05) is 0 Å². The van der Waals surface area contributed by atoms with Gasteiger partial charge in [-0.15, -0.1) is 11.3 Å². The van der Waals surface area contributed by atoms with Crippen LogP contribution in [0, 0.1) is 0 Å². The Balaban J connectivity index is 1.38. The summed E-state index contributed by atoms with van der Waals surface area (Å²) in [5.74, 6) is -3.79. The van der Waals surface area contributed by atoms with Crippen molar-refractivity contribution >= 4 is 47.3 Å². The molecule has 0 aliphatic carbocycles. The lowest BCUT2D eigenvalue weighted by molar-refractivity contribution is -0.163. The number of fused-ring (bicyclic) bond motifs is 1. The molecule has 12 heteroatoms. The first-order valence-corrected chi connectivity index (χ1v) is 14.0. The standard InChI is InChI=1S/C29H30F3N5O3S/c1-18(36-28(40)27-21-16-35-37(2)22(21)10-3-4-13-33-27)24-17-34-25(41-24)11-6-8-19-7-5-9-20(15-19)26(29(30,31)32)23(39)12-14-38/h5,7,9-10,13-18,26H,3-4,6,8,11-12H2,1-2H3,(H,36,40). The number of benzene rings is 1. The zero-order valence-corrected chi connectivity index (χ0v) is 23.5. The van der Waals surface area contributed by atoms with Gasteiger partial charge in [0.05, 0.1) is 34.2 Å². The number of aryl methyl sites for hydroxylation is 3. The highest BCUT2D eigenvalue weighted by Crippen LogP contribution is 2.36. The van der Waals surface area contributed by atoms with E-state index >= 15 is 0 Å². The van der Waals surface area contributed by atoms with Crippen molar-refractivity contribution in [3.63, 3.8) is 0 Å². The lowest BCUT2D eigenvalue weighted by atomic mass is 9.90. The number of nitrogens with zero attached hydrogens (tertiary/aromatic N) is 4. The number of nitrogens with one attached hydrogen (secondary N) is 1. The Hall–Kier alpha value is -3.93. The minimum Gasteiger partial charge on any atom is -0.343 e. The number of Topliss-reactive ketones (excluding diaryl/α,β-unsaturated/α-hetero) is 1. The maximum Gasteiger partial charge on any atom is 0.402 e. The Bertz CT molecular complexity index is 1570. The summed E-state index contributed by atoms with van der Waals surface area (Å²) in [4.78, 5) is 45.5. The summed E-state index contributed by atoms with van der Waals surface area (Å²) in [6.45, 7) is 1.87. The number of hydrogen-bond donors (Lipinski definition) is 1. The Morgan fingerprint density at radius 1 is 1.20 bits per heavy atom. The summed E-state index contributed by atoms with van der Waals surface area (Å²) >= 11 is 1.46. The highest BCUT2D eigenvalue weighted by Gasteiger charge is 2.45. The molecule has 1 aromatic carbocycles. The maximum absolute atomic E-state index is 13.6. The second-order valence-electron chi connectivity index (χ2n) is 9.77. The molecule has 1 N–H and O–H groups in total. The quantitative estimate of drug-likeness (QED) is 0.274. The van der Waals surface area contributed by atoms with Gasteiger partial charge < -0.3 is 10.1 Å². The van der Waals surface area contributed by atoms with E-state index < -0.39 is 24.3 Å². The fraction of sp³-hybridized carbons (Fsp3) is 0.379. The van der Waals surface area contributed by atoms with Gasteiger partial charge in [-0.2, -0.15) is 18.3 Å². The van der Waals surface area contributed by atoms with Gasteiger partial charge in [-0.3, -0.25) is 19.3 Å². The molecule has 0 bridgehead atoms. The molecule has 3 aromatic rings. The third-order valence-corrected chi connectivity index (χ3v) is 7.97. The van der Waals surface area contributed by atoms with Crippen LogP contribution >= 0.6 is 11.3 Å². The summed E-state index contributed by atoms with van der Waals surface area (Å²) < 4.78 is 42.4. The molecule has 0 fully saturated rings. The number of rotatable bonds is 11. The van der Waals surface area contributed by atoms with Crippen LogP contribution in [0.2, 0.25) is 0 Å². The van der Waals surface area contributed by atoms with Gasteiger partial charge in [-0.25, -0.2) is 4.98 Å². The molecule has 0 radical (unpaired) electrons. The number of ketones is 1. The molecule has 1 aliphatic rings. The zero-order valence-electron chi connectivity index (χ0n) is 22.6. The molecular formula is C29H30F3N5O3S. The number of halogens is 3. The summed E-state index contributed by atoms with van der Waals surface area (Å²) in [5.41, 5.74) is 0.811. The normalized spacial score (nSPS) is 14.8. The first kappa shape index (κ1) is 30.0. The lowest BCUT2D eigenvalue weighted by Crippen LogP contribution is -2.36. The maximum atomic E-state index is 13.6. The summed E-state index contributed by atoms with van der Waals surface area (Å²) in [7, 11) is 1.82. The molecule has 2 unspecified atom stereocenters. The highest BCUT2D eigenvalue weighted by molar-refractivity contribution is 7.11. The van der Waals surface area contributed by atoms with E-state index in [4.69, 9.17) is 0 Å². The smallest absolute Gasteiger partial charge is 0.343 e. The number of amides is 1. The molecule has 3 heterocycles. The van der Waals surface area contributed by atoms with Gasteiger partial charge in [0.2, 0.25) is 0 Å². The van der Waals surface area contributed by atoms with Crippen LogP contribution in [0.25, 0.3) is 11.8 Å². The van der Waals surface area contributed by atoms with E-state index in [0.29, 0.717) is 35.7 Å². The average Bonchev–Trinajstić information content (AvgIpc) is 3.50. The summed E-state index contributed by atoms with van der Waals surface area (Å²) in [6.07, 6.45) is 5.01. The number of thiazole rings is 1. The van der Waals surface area contributed by atoms with Gasteiger partial charge in [-0.1, -0.05) is 30.3 Å². The number of alkyl halides is 3. The molecule has 0 saturated carbocycles. The van der Waals surface area contributed by atoms with Crippen molar-refractivity contribution in [3.8, 4) is 0 Å². The first-order chi connectivity index (χ1) is 19.6. The minimum atomic E-state index is -4.78. The summed E-state index contributed by atoms with van der Waals surface area (Å²) in [6, 6.07) is 5.54. The van der Waals surface area contributed by atoms with Crippen molar-refractivity contribution < 1.29 is 27.6 Å². The van der Waals surface area contributed by atoms with Crippen molar-refractivity contribution in [1.29, 1.82) is 0 Å². The molecular weight excluding hydrogens is 555 g/mol. The van der Waals surface area contributed by atoms with E-state index in [0.717, 1.165) is 28.1 Å². The molecule has 0 saturated heterocycles. The van der Waals surface area contributed by atoms with Gasteiger partial charge in [0, 0.05) is 24.3 Å². The number of carbonyl (C=O) groups excluding carboxylic acids is 3. The van der Waals surface area contributed by atoms with Gasteiger partial charge in [0.1, 0.15) is 17.9 Å². The van der Waals surface area contributed by atoms with Crippen LogP contribution in [0.4, 0.5) is 13.2 Å². The van der Waals surface area contributed by atoms with E-state index in [2.05, 4.69) is 20.4 Å². The fourth-order valence-electron chi connectivity index (χ4n) is 4.68. The van der Waals surface area contributed by atoms with Gasteiger partial charge in [0.25, 0.3) is 5.91 Å². The van der Waals surface area contributed by atoms with Gasteiger partial charge in [-0.05, 0) is 50.2 Å². The van der Waals surface area contributed by atoms with E-state index in [1.807, 2.05) is 20.0 Å². The minimum absolute atomic E-state index is 0.161. The van der Waals surface area contributed by atoms with Gasteiger partial charge >= 0.3 is 6.18 Å². The topological polar surface area (TPSA) is 106 Å². The second-order valence-corrected chi connectivity index (χ2v) is 10.9. The van der Waals surface area contributed by atoms with E-state index in [1.54, 1.807) is 29.4 Å². The number of aromatic nitrogens is 3. The van der Waals surface area contributed by atoms with Crippen LogP contribution in [0.3, 0.4) is 0 Å². The third kappa shape index (κ3) is 7.43. The number of hydrogen-bond acceptors (Lipinski definition) is 7. The largest absolute Gasteiger partial charge is 0.402 e. The second kappa shape index (κ2) is 13.2. The van der Waals surface area contributed by atoms with Crippen LogP contribution in [0.1, 0.15) is 65.6 Å². The molecule has 2 aromatic heterocycles. The molecule has 1 aliphatic heterocycles. The van der Waals surface area contributed by atoms with Crippen molar-refractivity contribution in [1.82, 2.24) is 20.1 Å². The molecule has 4 rings (SSSR count). The Morgan fingerprint density at radius 3 is 2.76 bits per heavy atom. The number of aldehydes is 1. The van der Waals surface area contributed by atoms with Crippen LogP contribution < -0.4 is 15.9 Å². The molecule has 2 atom stereocenters. The van der Waals surface area contributed by atoms with E-state index in [-0.39, 0.29) is 23.8 Å². The van der Waals surface area contributed by atoms with E-state index in [9.17, 15) is 27.6 Å². The molecule has 41 heavy (non-hydrogen) atoms. The average molecular weight is 586 g/mol. The molecule has 216 valence electrons.